The lowest BCUT2D eigenvalue weighted by atomic mass is 10.2. The first-order valence-electron chi connectivity index (χ1n) is 5.88. The predicted molar refractivity (Wildman–Crippen MR) is 71.8 cm³/mol. The van der Waals surface area contributed by atoms with Gasteiger partial charge in [-0.15, -0.1) is 0 Å². The minimum absolute atomic E-state index is 0.0124. The van der Waals surface area contributed by atoms with E-state index in [1.165, 1.54) is 0 Å². The fourth-order valence-electron chi connectivity index (χ4n) is 1.70. The highest BCUT2D eigenvalue weighted by atomic mass is 16.5. The molecule has 1 aromatic carbocycles. The van der Waals surface area contributed by atoms with Crippen molar-refractivity contribution in [3.63, 3.8) is 0 Å². The van der Waals surface area contributed by atoms with Crippen LogP contribution >= 0.6 is 0 Å². The van der Waals surface area contributed by atoms with Crippen molar-refractivity contribution >= 4 is 17.3 Å². The quantitative estimate of drug-likeness (QED) is 0.721. The molecule has 0 aliphatic carbocycles. The zero-order valence-corrected chi connectivity index (χ0v) is 10.8. The smallest absolute Gasteiger partial charge is 0.305 e. The third kappa shape index (κ3) is 4.25. The van der Waals surface area contributed by atoms with Crippen molar-refractivity contribution in [2.45, 2.75) is 19.4 Å². The van der Waals surface area contributed by atoms with Crippen LogP contribution in [0.3, 0.4) is 0 Å². The Morgan fingerprint density at radius 2 is 2.17 bits per heavy atom. The summed E-state index contributed by atoms with van der Waals surface area (Å²) in [6, 6.07) is 7.44. The van der Waals surface area contributed by atoms with Crippen LogP contribution in [-0.4, -0.2) is 37.4 Å². The molecule has 18 heavy (non-hydrogen) atoms. The summed E-state index contributed by atoms with van der Waals surface area (Å²) in [4.78, 5) is 12.6. The second kappa shape index (κ2) is 6.86. The van der Waals surface area contributed by atoms with Crippen LogP contribution < -0.4 is 10.6 Å². The Hall–Kier alpha value is -1.75. The van der Waals surface area contributed by atoms with E-state index >= 15 is 0 Å². The molecule has 0 amide bonds. The minimum atomic E-state index is -0.820. The first kappa shape index (κ1) is 14.3. The van der Waals surface area contributed by atoms with E-state index in [1.54, 1.807) is 13.2 Å². The molecular formula is C13H20N2O3. The van der Waals surface area contributed by atoms with Crippen LogP contribution in [0.1, 0.15) is 13.3 Å². The number of nitrogens with zero attached hydrogens (tertiary/aromatic N) is 1. The number of carboxylic acid groups (broad SMARTS) is 1. The molecule has 1 aromatic rings. The average Bonchev–Trinajstić information content (AvgIpc) is 2.34. The number of nitrogen functional groups attached to an aromatic ring is 1. The van der Waals surface area contributed by atoms with Crippen molar-refractivity contribution in [3.8, 4) is 0 Å². The maximum atomic E-state index is 10.7. The number of hydrogen-bond acceptors (Lipinski definition) is 4. The van der Waals surface area contributed by atoms with E-state index in [9.17, 15) is 4.79 Å². The fraction of sp³-hybridized carbons (Fsp3) is 0.462. The molecule has 5 nitrogen and oxygen atoms in total. The van der Waals surface area contributed by atoms with E-state index in [4.69, 9.17) is 15.6 Å². The van der Waals surface area contributed by atoms with Gasteiger partial charge >= 0.3 is 5.97 Å². The number of carbonyl (C=O) groups is 1. The normalized spacial score (nSPS) is 12.1. The van der Waals surface area contributed by atoms with Gasteiger partial charge in [0.15, 0.2) is 0 Å². The van der Waals surface area contributed by atoms with Gasteiger partial charge in [-0.3, -0.25) is 4.79 Å². The highest BCUT2D eigenvalue weighted by molar-refractivity contribution is 5.70. The van der Waals surface area contributed by atoms with E-state index in [1.807, 2.05) is 30.0 Å². The number of para-hydroxylation sites is 2. The van der Waals surface area contributed by atoms with Crippen molar-refractivity contribution in [1.29, 1.82) is 0 Å². The standard InChI is InChI=1S/C13H20N2O3/c1-10(18-2)9-15(8-7-13(16)17)12-6-4-3-5-11(12)14/h3-6,10H,7-9,14H2,1-2H3,(H,16,17). The molecule has 0 aliphatic rings. The Morgan fingerprint density at radius 1 is 1.50 bits per heavy atom. The molecule has 5 heteroatoms. The molecule has 0 bridgehead atoms. The first-order valence-corrected chi connectivity index (χ1v) is 5.88. The van der Waals surface area contributed by atoms with E-state index < -0.39 is 5.97 Å². The zero-order valence-electron chi connectivity index (χ0n) is 10.8. The Labute approximate surface area is 107 Å². The molecule has 0 spiro atoms. The van der Waals surface area contributed by atoms with Gasteiger partial charge in [0.05, 0.1) is 23.9 Å². The van der Waals surface area contributed by atoms with Gasteiger partial charge in [0.25, 0.3) is 0 Å². The first-order chi connectivity index (χ1) is 8.54. The number of carboxylic acids is 1. The van der Waals surface area contributed by atoms with Crippen molar-refractivity contribution in [2.75, 3.05) is 30.8 Å². The summed E-state index contributed by atoms with van der Waals surface area (Å²) in [5.41, 5.74) is 7.41. The number of anilines is 2. The Morgan fingerprint density at radius 3 is 2.72 bits per heavy atom. The maximum absolute atomic E-state index is 10.7. The summed E-state index contributed by atoms with van der Waals surface area (Å²) in [6.45, 7) is 2.96. The minimum Gasteiger partial charge on any atom is -0.481 e. The van der Waals surface area contributed by atoms with E-state index in [2.05, 4.69) is 0 Å². The molecule has 100 valence electrons. The van der Waals surface area contributed by atoms with Gasteiger partial charge in [-0.25, -0.2) is 0 Å². The summed E-state index contributed by atoms with van der Waals surface area (Å²) in [6.07, 6.45) is 0.0866. The van der Waals surface area contributed by atoms with E-state index in [-0.39, 0.29) is 12.5 Å². The number of aliphatic carboxylic acids is 1. The number of rotatable bonds is 7. The molecule has 0 radical (unpaired) electrons. The summed E-state index contributed by atoms with van der Waals surface area (Å²) in [7, 11) is 1.63. The Kier molecular flexibility index (Phi) is 5.45. The predicted octanol–water partition coefficient (Wildman–Crippen LogP) is 1.58. The van der Waals surface area contributed by atoms with Gasteiger partial charge in [-0.1, -0.05) is 12.1 Å². The molecule has 1 rings (SSSR count). The van der Waals surface area contributed by atoms with Crippen LogP contribution in [-0.2, 0) is 9.53 Å². The molecule has 1 atom stereocenters. The fourth-order valence-corrected chi connectivity index (χ4v) is 1.70. The van der Waals surface area contributed by atoms with Crippen LogP contribution in [0, 0.1) is 0 Å². The number of methoxy groups -OCH3 is 1. The van der Waals surface area contributed by atoms with Gasteiger partial charge in [0.2, 0.25) is 0 Å². The maximum Gasteiger partial charge on any atom is 0.305 e. The molecule has 0 aliphatic heterocycles. The van der Waals surface area contributed by atoms with Crippen molar-refractivity contribution in [1.82, 2.24) is 0 Å². The molecule has 0 saturated heterocycles. The van der Waals surface area contributed by atoms with Crippen molar-refractivity contribution in [2.24, 2.45) is 0 Å². The monoisotopic (exact) mass is 252 g/mol. The second-order valence-electron chi connectivity index (χ2n) is 4.19. The topological polar surface area (TPSA) is 75.8 Å². The zero-order chi connectivity index (χ0) is 13.5. The average molecular weight is 252 g/mol. The van der Waals surface area contributed by atoms with Crippen LogP contribution in [0.4, 0.5) is 11.4 Å². The molecule has 0 heterocycles. The second-order valence-corrected chi connectivity index (χ2v) is 4.19. The molecule has 1 unspecified atom stereocenters. The summed E-state index contributed by atoms with van der Waals surface area (Å²) in [5, 5.41) is 8.78. The van der Waals surface area contributed by atoms with E-state index in [0.717, 1.165) is 5.69 Å². The number of benzene rings is 1. The van der Waals surface area contributed by atoms with Crippen LogP contribution in [0.15, 0.2) is 24.3 Å². The lowest BCUT2D eigenvalue weighted by molar-refractivity contribution is -0.136. The Bertz CT molecular complexity index is 396. The SMILES string of the molecule is COC(C)CN(CCC(=O)O)c1ccccc1N. The largest absolute Gasteiger partial charge is 0.481 e. The van der Waals surface area contributed by atoms with Crippen LogP contribution in [0.2, 0.25) is 0 Å². The highest BCUT2D eigenvalue weighted by Crippen LogP contribution is 2.23. The number of ether oxygens (including phenoxy) is 1. The van der Waals surface area contributed by atoms with Gasteiger partial charge in [-0.2, -0.15) is 0 Å². The van der Waals surface area contributed by atoms with Crippen LogP contribution in [0.25, 0.3) is 0 Å². The summed E-state index contributed by atoms with van der Waals surface area (Å²) in [5.74, 6) is -0.820. The Balaban J connectivity index is 2.82. The van der Waals surface area contributed by atoms with Gasteiger partial charge < -0.3 is 20.5 Å². The highest BCUT2D eigenvalue weighted by Gasteiger charge is 2.14. The lowest BCUT2D eigenvalue weighted by Gasteiger charge is -2.28. The molecule has 0 fully saturated rings. The molecule has 3 N–H and O–H groups in total. The lowest BCUT2D eigenvalue weighted by Crippen LogP contribution is -2.34. The van der Waals surface area contributed by atoms with Crippen molar-refractivity contribution in [3.05, 3.63) is 24.3 Å². The molecule has 0 saturated carbocycles. The number of hydrogen-bond donors (Lipinski definition) is 2. The van der Waals surface area contributed by atoms with Crippen molar-refractivity contribution < 1.29 is 14.6 Å². The third-order valence-corrected chi connectivity index (χ3v) is 2.75. The number of nitrogens with two attached hydrogens (primary N) is 1. The summed E-state index contributed by atoms with van der Waals surface area (Å²) >= 11 is 0. The summed E-state index contributed by atoms with van der Waals surface area (Å²) < 4.78 is 5.22. The van der Waals surface area contributed by atoms with Gasteiger partial charge in [0, 0.05) is 20.2 Å². The van der Waals surface area contributed by atoms with Crippen LogP contribution in [0.5, 0.6) is 0 Å². The van der Waals surface area contributed by atoms with Gasteiger partial charge in [-0.05, 0) is 19.1 Å². The van der Waals surface area contributed by atoms with E-state index in [0.29, 0.717) is 18.8 Å². The third-order valence-electron chi connectivity index (χ3n) is 2.75. The van der Waals surface area contributed by atoms with Gasteiger partial charge in [0.1, 0.15) is 0 Å². The molecular weight excluding hydrogens is 232 g/mol. The molecule has 0 aromatic heterocycles.